The lowest BCUT2D eigenvalue weighted by Gasteiger charge is -2.41. The summed E-state index contributed by atoms with van der Waals surface area (Å²) in [5, 5.41) is 57.0. The highest BCUT2D eigenvalue weighted by molar-refractivity contribution is 5.80. The molecule has 1 rings (SSSR count). The van der Waals surface area contributed by atoms with Crippen molar-refractivity contribution < 1.29 is 49.3 Å². The highest BCUT2D eigenvalue weighted by atomic mass is 16.7. The van der Waals surface area contributed by atoms with Crippen molar-refractivity contribution in [3.63, 3.8) is 0 Å². The van der Waals surface area contributed by atoms with Gasteiger partial charge in [0, 0.05) is 6.42 Å². The van der Waals surface area contributed by atoms with E-state index in [2.05, 4.69) is 74.7 Å². The standard InChI is InChI=1S/C66H119NO10/c1-4-7-10-13-16-19-22-25-26-27-28-29-30-31-32-33-36-38-41-44-47-50-53-59(70)65(74)67-57(58(69)52-49-46-43-40-37-34-23-20-17-14-11-8-5-2)56-75-66-64(63(73)62(72)60(55-68)76-66)77-61(71)54-51-48-45-42-39-35-24-21-18-15-12-9-6-3/h16,19,25-26,28-29,35,39,49,52,57-60,62-64,66,68-70,72-73H,4-15,17-18,20-24,27,30-34,36-38,40-48,50-51,53-56H2,1-3H3,(H,67,74)/b19-16-,26-25-,29-28-,39-35-,52-49+. The van der Waals surface area contributed by atoms with Crippen LogP contribution in [0.4, 0.5) is 0 Å². The van der Waals surface area contributed by atoms with Crippen LogP contribution in [0.2, 0.25) is 0 Å². The Morgan fingerprint density at radius 1 is 0.506 bits per heavy atom. The number of ether oxygens (including phenoxy) is 3. The third-order valence-electron chi connectivity index (χ3n) is 14.9. The Kier molecular flexibility index (Phi) is 50.7. The molecule has 1 aliphatic heterocycles. The molecule has 0 aromatic rings. The quantitative estimate of drug-likeness (QED) is 0.0195. The Labute approximate surface area is 471 Å². The first-order chi connectivity index (χ1) is 37.7. The molecule has 8 atom stereocenters. The van der Waals surface area contributed by atoms with E-state index >= 15 is 0 Å². The Hall–Kier alpha value is -2.64. The van der Waals surface area contributed by atoms with E-state index in [1.165, 1.54) is 154 Å². The number of aliphatic hydroxyl groups excluding tert-OH is 5. The molecule has 448 valence electrons. The summed E-state index contributed by atoms with van der Waals surface area (Å²) >= 11 is 0. The maximum absolute atomic E-state index is 13.4. The van der Waals surface area contributed by atoms with Crippen LogP contribution in [-0.2, 0) is 23.8 Å². The van der Waals surface area contributed by atoms with E-state index in [9.17, 15) is 35.1 Å². The van der Waals surface area contributed by atoms with Gasteiger partial charge in [-0.05, 0) is 89.9 Å². The van der Waals surface area contributed by atoms with Gasteiger partial charge in [0.15, 0.2) is 12.4 Å². The van der Waals surface area contributed by atoms with Crippen LogP contribution in [0.25, 0.3) is 0 Å². The van der Waals surface area contributed by atoms with Gasteiger partial charge >= 0.3 is 5.97 Å². The van der Waals surface area contributed by atoms with Crippen molar-refractivity contribution in [2.75, 3.05) is 13.2 Å². The molecule has 1 aliphatic rings. The number of unbranched alkanes of at least 4 members (excludes halogenated alkanes) is 32. The van der Waals surface area contributed by atoms with Gasteiger partial charge in [0.2, 0.25) is 5.91 Å². The van der Waals surface area contributed by atoms with Gasteiger partial charge in [-0.15, -0.1) is 0 Å². The van der Waals surface area contributed by atoms with Gasteiger partial charge in [-0.3, -0.25) is 9.59 Å². The van der Waals surface area contributed by atoms with Gasteiger partial charge in [-0.25, -0.2) is 0 Å². The lowest BCUT2D eigenvalue weighted by Crippen LogP contribution is -2.61. The summed E-state index contributed by atoms with van der Waals surface area (Å²) in [6.07, 6.45) is 56.9. The number of hydrogen-bond donors (Lipinski definition) is 6. The van der Waals surface area contributed by atoms with E-state index in [0.29, 0.717) is 12.8 Å². The maximum atomic E-state index is 13.4. The fraction of sp³-hybridized carbons (Fsp3) is 0.818. The Bertz CT molecular complexity index is 1480. The molecule has 11 nitrogen and oxygen atoms in total. The van der Waals surface area contributed by atoms with Crippen LogP contribution in [-0.4, -0.2) is 99.6 Å². The molecule has 1 heterocycles. The van der Waals surface area contributed by atoms with Gasteiger partial charge in [-0.2, -0.15) is 0 Å². The molecule has 0 spiro atoms. The average molecular weight is 1090 g/mol. The summed E-state index contributed by atoms with van der Waals surface area (Å²) < 4.78 is 17.6. The number of allylic oxidation sites excluding steroid dienone is 9. The van der Waals surface area contributed by atoms with Crippen molar-refractivity contribution in [3.05, 3.63) is 60.8 Å². The number of nitrogens with one attached hydrogen (secondary N) is 1. The monoisotopic (exact) mass is 1090 g/mol. The molecule has 0 bridgehead atoms. The molecule has 8 unspecified atom stereocenters. The van der Waals surface area contributed by atoms with Crippen molar-refractivity contribution in [1.82, 2.24) is 5.32 Å². The molecule has 11 heteroatoms. The number of rotatable bonds is 54. The van der Waals surface area contributed by atoms with Crippen molar-refractivity contribution in [1.29, 1.82) is 0 Å². The molecule has 1 amide bonds. The summed E-state index contributed by atoms with van der Waals surface area (Å²) in [4.78, 5) is 26.5. The number of carbonyl (C=O) groups excluding carboxylic acids is 2. The average Bonchev–Trinajstić information content (AvgIpc) is 3.43. The molecule has 0 radical (unpaired) electrons. The topological polar surface area (TPSA) is 175 Å². The van der Waals surface area contributed by atoms with Crippen molar-refractivity contribution >= 4 is 11.9 Å². The minimum Gasteiger partial charge on any atom is -0.454 e. The van der Waals surface area contributed by atoms with Crippen molar-refractivity contribution in [2.24, 2.45) is 0 Å². The Morgan fingerprint density at radius 3 is 1.38 bits per heavy atom. The maximum Gasteiger partial charge on any atom is 0.306 e. The van der Waals surface area contributed by atoms with E-state index in [-0.39, 0.29) is 19.4 Å². The van der Waals surface area contributed by atoms with Gasteiger partial charge < -0.3 is 45.1 Å². The zero-order valence-corrected chi connectivity index (χ0v) is 49.6. The van der Waals surface area contributed by atoms with Crippen LogP contribution in [0.15, 0.2) is 60.8 Å². The smallest absolute Gasteiger partial charge is 0.306 e. The van der Waals surface area contributed by atoms with Crippen LogP contribution >= 0.6 is 0 Å². The molecular weight excluding hydrogens is 967 g/mol. The van der Waals surface area contributed by atoms with Gasteiger partial charge in [0.05, 0.1) is 25.4 Å². The Balaban J connectivity index is 2.66. The predicted molar refractivity (Wildman–Crippen MR) is 320 cm³/mol. The third kappa shape index (κ3) is 42.0. The first-order valence-corrected chi connectivity index (χ1v) is 32.1. The summed E-state index contributed by atoms with van der Waals surface area (Å²) in [6.45, 7) is 5.75. The fourth-order valence-electron chi connectivity index (χ4n) is 9.77. The van der Waals surface area contributed by atoms with E-state index in [1.807, 2.05) is 6.08 Å². The normalized spacial score (nSPS) is 19.4. The second kappa shape index (κ2) is 54.0. The molecule has 1 saturated heterocycles. The number of amides is 1. The van der Waals surface area contributed by atoms with Crippen molar-refractivity contribution in [2.45, 2.75) is 333 Å². The molecule has 0 aromatic heterocycles. The predicted octanol–water partition coefficient (Wildman–Crippen LogP) is 15.4. The summed E-state index contributed by atoms with van der Waals surface area (Å²) in [5.74, 6) is -1.21. The lowest BCUT2D eigenvalue weighted by molar-refractivity contribution is -0.305. The first-order valence-electron chi connectivity index (χ1n) is 32.1. The molecule has 1 fully saturated rings. The number of hydrogen-bond acceptors (Lipinski definition) is 10. The largest absolute Gasteiger partial charge is 0.454 e. The number of esters is 1. The van der Waals surface area contributed by atoms with E-state index in [0.717, 1.165) is 83.5 Å². The second-order valence-electron chi connectivity index (χ2n) is 22.1. The first kappa shape index (κ1) is 72.4. The molecule has 77 heavy (non-hydrogen) atoms. The highest BCUT2D eigenvalue weighted by Crippen LogP contribution is 2.26. The van der Waals surface area contributed by atoms with E-state index < -0.39 is 67.4 Å². The Morgan fingerprint density at radius 2 is 0.896 bits per heavy atom. The summed E-state index contributed by atoms with van der Waals surface area (Å²) in [5.41, 5.74) is 0. The van der Waals surface area contributed by atoms with Gasteiger partial charge in [0.25, 0.3) is 0 Å². The van der Waals surface area contributed by atoms with Crippen molar-refractivity contribution in [3.8, 4) is 0 Å². The van der Waals surface area contributed by atoms with E-state index in [1.54, 1.807) is 6.08 Å². The molecular formula is C66H119NO10. The van der Waals surface area contributed by atoms with Crippen LogP contribution in [0.1, 0.15) is 284 Å². The minimum absolute atomic E-state index is 0.102. The molecule has 0 aliphatic carbocycles. The zero-order valence-electron chi connectivity index (χ0n) is 49.6. The SMILES string of the molecule is CCCCC/C=C\C/C=C\C/C=C\CCCCCCCCCCCC(O)C(=O)NC(COC1OC(CO)C(O)C(O)C1OC(=O)CCCCC/C=C\CCCCCCCC)C(O)/C=C/CCCCCCCCCCCCC. The lowest BCUT2D eigenvalue weighted by atomic mass is 9.99. The molecule has 0 saturated carbocycles. The van der Waals surface area contributed by atoms with E-state index in [4.69, 9.17) is 14.2 Å². The highest BCUT2D eigenvalue weighted by Gasteiger charge is 2.47. The zero-order chi connectivity index (χ0) is 56.1. The van der Waals surface area contributed by atoms with Gasteiger partial charge in [0.1, 0.15) is 24.4 Å². The third-order valence-corrected chi connectivity index (χ3v) is 14.9. The molecule has 6 N–H and O–H groups in total. The number of aliphatic hydroxyl groups is 5. The fourth-order valence-corrected chi connectivity index (χ4v) is 9.77. The second-order valence-corrected chi connectivity index (χ2v) is 22.1. The van der Waals surface area contributed by atoms with Crippen LogP contribution in [0, 0.1) is 0 Å². The summed E-state index contributed by atoms with van der Waals surface area (Å²) in [7, 11) is 0. The molecule has 0 aromatic carbocycles. The van der Waals surface area contributed by atoms with Crippen LogP contribution in [0.3, 0.4) is 0 Å². The summed E-state index contributed by atoms with van der Waals surface area (Å²) in [6, 6.07) is -1.03. The van der Waals surface area contributed by atoms with Crippen LogP contribution in [0.5, 0.6) is 0 Å². The van der Waals surface area contributed by atoms with Gasteiger partial charge in [-0.1, -0.05) is 248 Å². The number of carbonyl (C=O) groups is 2. The van der Waals surface area contributed by atoms with Crippen LogP contribution < -0.4 is 5.32 Å². The minimum atomic E-state index is -1.62.